The molecule has 5 heteroatoms. The van der Waals surface area contributed by atoms with E-state index in [2.05, 4.69) is 0 Å². The second kappa shape index (κ2) is 3.60. The molecule has 0 bridgehead atoms. The standard InChI is InChI=1S/C11H19NO4/c1-10(2,3)16-9(13)12-6-11(14,7-12)4-8-5-15-8/h8,14H,4-7H2,1-3H3. The van der Waals surface area contributed by atoms with Gasteiger partial charge in [-0.15, -0.1) is 0 Å². The minimum atomic E-state index is -0.766. The van der Waals surface area contributed by atoms with E-state index in [1.165, 1.54) is 4.90 Å². The number of epoxide rings is 1. The normalized spacial score (nSPS) is 27.2. The summed E-state index contributed by atoms with van der Waals surface area (Å²) in [7, 11) is 0. The third-order valence-corrected chi connectivity index (χ3v) is 2.63. The quantitative estimate of drug-likeness (QED) is 0.710. The number of carbonyl (C=O) groups excluding carboxylic acids is 1. The van der Waals surface area contributed by atoms with Crippen molar-refractivity contribution in [2.75, 3.05) is 19.7 Å². The Kier molecular flexibility index (Phi) is 2.62. The number of aliphatic hydroxyl groups is 1. The Morgan fingerprint density at radius 3 is 2.56 bits per heavy atom. The zero-order valence-electron chi connectivity index (χ0n) is 10.0. The molecule has 0 radical (unpaired) electrons. The average Bonchev–Trinajstić information content (AvgIpc) is 2.80. The summed E-state index contributed by atoms with van der Waals surface area (Å²) in [5.74, 6) is 0. The zero-order chi connectivity index (χ0) is 12.0. The predicted octanol–water partition coefficient (Wildman–Crippen LogP) is 0.757. The van der Waals surface area contributed by atoms with Crippen LogP contribution in [0.15, 0.2) is 0 Å². The Bertz CT molecular complexity index is 287. The number of amides is 1. The van der Waals surface area contributed by atoms with Crippen LogP contribution in [0.1, 0.15) is 27.2 Å². The lowest BCUT2D eigenvalue weighted by Crippen LogP contribution is -2.64. The molecule has 0 saturated carbocycles. The van der Waals surface area contributed by atoms with E-state index in [0.717, 1.165) is 6.61 Å². The molecule has 0 aliphatic carbocycles. The van der Waals surface area contributed by atoms with Crippen LogP contribution in [0.3, 0.4) is 0 Å². The van der Waals surface area contributed by atoms with Crippen molar-refractivity contribution >= 4 is 6.09 Å². The number of hydrogen-bond acceptors (Lipinski definition) is 4. The molecule has 1 unspecified atom stereocenters. The van der Waals surface area contributed by atoms with Crippen LogP contribution in [0.2, 0.25) is 0 Å². The fraction of sp³-hybridized carbons (Fsp3) is 0.909. The average molecular weight is 229 g/mol. The number of ether oxygens (including phenoxy) is 2. The molecule has 0 aromatic rings. The van der Waals surface area contributed by atoms with E-state index in [1.807, 2.05) is 20.8 Å². The van der Waals surface area contributed by atoms with Crippen LogP contribution in [0, 0.1) is 0 Å². The highest BCUT2D eigenvalue weighted by Gasteiger charge is 2.48. The molecule has 2 rings (SSSR count). The van der Waals surface area contributed by atoms with Crippen molar-refractivity contribution in [2.45, 2.75) is 44.5 Å². The Balaban J connectivity index is 1.76. The van der Waals surface area contributed by atoms with Gasteiger partial charge in [-0.25, -0.2) is 4.79 Å². The second-order valence-corrected chi connectivity index (χ2v) is 5.72. The van der Waals surface area contributed by atoms with E-state index in [9.17, 15) is 9.90 Å². The van der Waals surface area contributed by atoms with Crippen molar-refractivity contribution in [1.29, 1.82) is 0 Å². The summed E-state index contributed by atoms with van der Waals surface area (Å²) < 4.78 is 10.3. The second-order valence-electron chi connectivity index (χ2n) is 5.72. The van der Waals surface area contributed by atoms with Crippen LogP contribution in [0.4, 0.5) is 4.79 Å². The van der Waals surface area contributed by atoms with Gasteiger partial charge in [-0.3, -0.25) is 0 Å². The van der Waals surface area contributed by atoms with Crippen molar-refractivity contribution in [3.05, 3.63) is 0 Å². The van der Waals surface area contributed by atoms with Crippen LogP contribution in [0.25, 0.3) is 0 Å². The molecule has 1 amide bonds. The SMILES string of the molecule is CC(C)(C)OC(=O)N1CC(O)(CC2CO2)C1. The van der Waals surface area contributed by atoms with E-state index < -0.39 is 11.2 Å². The summed E-state index contributed by atoms with van der Waals surface area (Å²) in [5, 5.41) is 10.0. The third kappa shape index (κ3) is 2.86. The first-order chi connectivity index (χ1) is 7.27. The highest BCUT2D eigenvalue weighted by Crippen LogP contribution is 2.31. The maximum absolute atomic E-state index is 11.6. The number of carbonyl (C=O) groups is 1. The monoisotopic (exact) mass is 229 g/mol. The lowest BCUT2D eigenvalue weighted by Gasteiger charge is -2.46. The van der Waals surface area contributed by atoms with E-state index in [0.29, 0.717) is 19.5 Å². The molecular weight excluding hydrogens is 210 g/mol. The maximum Gasteiger partial charge on any atom is 0.410 e. The Morgan fingerprint density at radius 2 is 2.12 bits per heavy atom. The lowest BCUT2D eigenvalue weighted by molar-refractivity contribution is -0.105. The summed E-state index contributed by atoms with van der Waals surface area (Å²) in [5.41, 5.74) is -1.25. The van der Waals surface area contributed by atoms with E-state index in [1.54, 1.807) is 0 Å². The predicted molar refractivity (Wildman–Crippen MR) is 57.1 cm³/mol. The van der Waals surface area contributed by atoms with Gasteiger partial charge in [0.15, 0.2) is 0 Å². The molecule has 0 aromatic heterocycles. The van der Waals surface area contributed by atoms with Gasteiger partial charge in [-0.1, -0.05) is 0 Å². The highest BCUT2D eigenvalue weighted by molar-refractivity contribution is 5.69. The first-order valence-corrected chi connectivity index (χ1v) is 5.59. The van der Waals surface area contributed by atoms with Gasteiger partial charge in [0.2, 0.25) is 0 Å². The van der Waals surface area contributed by atoms with E-state index >= 15 is 0 Å². The summed E-state index contributed by atoms with van der Waals surface area (Å²) in [6.45, 7) is 6.91. The minimum Gasteiger partial charge on any atom is -0.444 e. The smallest absolute Gasteiger partial charge is 0.410 e. The molecule has 1 N–H and O–H groups in total. The number of likely N-dealkylation sites (tertiary alicyclic amines) is 1. The number of β-amino-alcohol motifs (C(OH)–C–C–N with tert-alkyl or cyclic N) is 1. The van der Waals surface area contributed by atoms with Gasteiger partial charge in [0, 0.05) is 6.42 Å². The number of nitrogens with zero attached hydrogens (tertiary/aromatic N) is 1. The van der Waals surface area contributed by atoms with Crippen LogP contribution >= 0.6 is 0 Å². The highest BCUT2D eigenvalue weighted by atomic mass is 16.6. The third-order valence-electron chi connectivity index (χ3n) is 2.63. The first kappa shape index (κ1) is 11.7. The van der Waals surface area contributed by atoms with Gasteiger partial charge in [0.25, 0.3) is 0 Å². The fourth-order valence-corrected chi connectivity index (χ4v) is 1.86. The van der Waals surface area contributed by atoms with Crippen LogP contribution in [-0.4, -0.2) is 53.1 Å². The van der Waals surface area contributed by atoms with Crippen LogP contribution < -0.4 is 0 Å². The van der Waals surface area contributed by atoms with Gasteiger partial charge < -0.3 is 19.5 Å². The van der Waals surface area contributed by atoms with Crippen molar-refractivity contribution in [2.24, 2.45) is 0 Å². The first-order valence-electron chi connectivity index (χ1n) is 5.59. The number of rotatable bonds is 2. The molecule has 0 spiro atoms. The molecule has 2 fully saturated rings. The molecule has 92 valence electrons. The summed E-state index contributed by atoms with van der Waals surface area (Å²) in [6.07, 6.45) is 0.450. The summed E-state index contributed by atoms with van der Waals surface area (Å²) in [4.78, 5) is 13.1. The van der Waals surface area contributed by atoms with Gasteiger partial charge >= 0.3 is 6.09 Å². The molecule has 2 heterocycles. The molecule has 5 nitrogen and oxygen atoms in total. The molecule has 2 aliphatic rings. The van der Waals surface area contributed by atoms with E-state index in [-0.39, 0.29) is 12.2 Å². The summed E-state index contributed by atoms with van der Waals surface area (Å²) in [6, 6.07) is 0. The molecule has 2 aliphatic heterocycles. The van der Waals surface area contributed by atoms with Gasteiger partial charge in [-0.05, 0) is 20.8 Å². The minimum absolute atomic E-state index is 0.186. The van der Waals surface area contributed by atoms with Gasteiger partial charge in [0.1, 0.15) is 11.2 Å². The van der Waals surface area contributed by atoms with Crippen molar-refractivity contribution in [3.8, 4) is 0 Å². The number of hydrogen-bond donors (Lipinski definition) is 1. The molecule has 16 heavy (non-hydrogen) atoms. The molecular formula is C11H19NO4. The van der Waals surface area contributed by atoms with Crippen molar-refractivity contribution in [3.63, 3.8) is 0 Å². The largest absolute Gasteiger partial charge is 0.444 e. The van der Waals surface area contributed by atoms with Gasteiger partial charge in [0.05, 0.1) is 25.8 Å². The lowest BCUT2D eigenvalue weighted by atomic mass is 9.89. The van der Waals surface area contributed by atoms with Crippen LogP contribution in [-0.2, 0) is 9.47 Å². The van der Waals surface area contributed by atoms with Crippen molar-refractivity contribution < 1.29 is 19.4 Å². The summed E-state index contributed by atoms with van der Waals surface area (Å²) >= 11 is 0. The Hall–Kier alpha value is -0.810. The fourth-order valence-electron chi connectivity index (χ4n) is 1.86. The van der Waals surface area contributed by atoms with Gasteiger partial charge in [-0.2, -0.15) is 0 Å². The van der Waals surface area contributed by atoms with Crippen molar-refractivity contribution in [1.82, 2.24) is 4.90 Å². The van der Waals surface area contributed by atoms with Crippen LogP contribution in [0.5, 0.6) is 0 Å². The topological polar surface area (TPSA) is 62.3 Å². The Morgan fingerprint density at radius 1 is 1.56 bits per heavy atom. The Labute approximate surface area is 95.3 Å². The molecule has 0 aromatic carbocycles. The molecule has 1 atom stereocenters. The maximum atomic E-state index is 11.6. The van der Waals surface area contributed by atoms with E-state index in [4.69, 9.17) is 9.47 Å². The molecule has 2 saturated heterocycles. The zero-order valence-corrected chi connectivity index (χ0v) is 10.0.